The molecule has 298 valence electrons. The minimum absolute atomic E-state index is 0.145. The van der Waals surface area contributed by atoms with Crippen LogP contribution in [0, 0.1) is 11.7 Å². The molecule has 2 N–H and O–H groups in total. The van der Waals surface area contributed by atoms with Crippen LogP contribution >= 0.6 is 0 Å². The third-order valence-corrected chi connectivity index (χ3v) is 11.8. The van der Waals surface area contributed by atoms with Crippen molar-refractivity contribution in [2.24, 2.45) is 5.92 Å². The number of imide groups is 1. The van der Waals surface area contributed by atoms with Gasteiger partial charge in [-0.2, -0.15) is 0 Å². The topological polar surface area (TPSA) is 115 Å². The third-order valence-electron chi connectivity index (χ3n) is 11.8. The fraction of sp³-hybridized carbons (Fsp3) is 0.400. The standard InChI is InChI=1S/C30H34FN5O4.C9H10O2.C6H6/c31-23-3-1-2-4-24(23)34-9-7-19(8-10-34)15-33-11-12-35-21(17-33)18-40-27-14-22-20(13-26(27)35)16-36(30(22)39)25-5-6-28(37)32-29(25)38;10-8-4-3-7-2-1-5-11-9(7)6-8;1-2-4-6-5-3-1/h1-4,13-14,19,21,25H,5-12,15-18H2,(H,32,37,38);3-4,6,10H,1-2,5H2;1-6H. The number of hydrogen-bond acceptors (Lipinski definition) is 9. The number of piperidine rings is 2. The van der Waals surface area contributed by atoms with Crippen molar-refractivity contribution < 1.29 is 33.4 Å². The average molecular weight is 776 g/mol. The largest absolute Gasteiger partial charge is 0.508 e. The Labute approximate surface area is 333 Å². The molecular weight excluding hydrogens is 726 g/mol. The van der Waals surface area contributed by atoms with E-state index in [-0.39, 0.29) is 35.8 Å². The predicted molar refractivity (Wildman–Crippen MR) is 215 cm³/mol. The van der Waals surface area contributed by atoms with Crippen molar-refractivity contribution in [1.82, 2.24) is 15.1 Å². The van der Waals surface area contributed by atoms with Crippen molar-refractivity contribution in [2.45, 2.75) is 57.2 Å². The number of ether oxygens (including phenoxy) is 2. The Morgan fingerprint density at radius 3 is 2.28 bits per heavy atom. The maximum absolute atomic E-state index is 14.2. The van der Waals surface area contributed by atoms with Gasteiger partial charge in [0.1, 0.15) is 35.7 Å². The number of benzene rings is 4. The molecule has 4 aromatic rings. The number of phenols is 1. The summed E-state index contributed by atoms with van der Waals surface area (Å²) in [5.41, 5.74) is 4.42. The fourth-order valence-electron chi connectivity index (χ4n) is 8.80. The highest BCUT2D eigenvalue weighted by Gasteiger charge is 2.41. The summed E-state index contributed by atoms with van der Waals surface area (Å²) < 4.78 is 25.8. The van der Waals surface area contributed by atoms with E-state index < -0.39 is 11.9 Å². The molecule has 3 amide bonds. The van der Waals surface area contributed by atoms with E-state index in [4.69, 9.17) is 14.6 Å². The SMILES string of the molecule is O=C1CCC(N2Cc3cc4c(cc3C2=O)OCC2CN(CC3CCN(c5ccccc5F)CC3)CCN42)C(=O)N1.Oc1ccc2c(c1)OCCC2.c1ccccc1. The molecular formula is C45H50FN5O6. The molecule has 6 aliphatic rings. The Morgan fingerprint density at radius 1 is 0.754 bits per heavy atom. The minimum atomic E-state index is -0.620. The summed E-state index contributed by atoms with van der Waals surface area (Å²) in [4.78, 5) is 45.9. The van der Waals surface area contributed by atoms with Crippen LogP contribution in [0.5, 0.6) is 17.2 Å². The summed E-state index contributed by atoms with van der Waals surface area (Å²) in [6.07, 6.45) is 4.86. The van der Waals surface area contributed by atoms with Gasteiger partial charge in [0.05, 0.1) is 24.0 Å². The Morgan fingerprint density at radius 2 is 1.53 bits per heavy atom. The summed E-state index contributed by atoms with van der Waals surface area (Å²) in [5.74, 6) is 1.44. The minimum Gasteiger partial charge on any atom is -0.508 e. The van der Waals surface area contributed by atoms with Crippen LogP contribution in [-0.4, -0.2) is 97.2 Å². The Hall–Kier alpha value is -5.62. The van der Waals surface area contributed by atoms with Crippen LogP contribution < -0.4 is 24.6 Å². The molecule has 0 saturated carbocycles. The molecule has 10 rings (SSSR count). The molecule has 6 aliphatic heterocycles. The van der Waals surface area contributed by atoms with Crippen molar-refractivity contribution in [3.63, 3.8) is 0 Å². The van der Waals surface area contributed by atoms with Gasteiger partial charge in [-0.05, 0) is 79.5 Å². The molecule has 4 aromatic carbocycles. The Balaban J connectivity index is 0.000000219. The number of nitrogens with zero attached hydrogens (tertiary/aromatic N) is 4. The number of carbonyl (C=O) groups is 3. The zero-order chi connectivity index (χ0) is 39.3. The highest BCUT2D eigenvalue weighted by atomic mass is 19.1. The predicted octanol–water partition coefficient (Wildman–Crippen LogP) is 5.79. The number of aryl methyl sites for hydroxylation is 1. The van der Waals surface area contributed by atoms with Crippen molar-refractivity contribution in [3.8, 4) is 17.2 Å². The first-order chi connectivity index (χ1) is 27.8. The van der Waals surface area contributed by atoms with Gasteiger partial charge in [0.2, 0.25) is 11.8 Å². The zero-order valence-electron chi connectivity index (χ0n) is 32.2. The molecule has 57 heavy (non-hydrogen) atoms. The van der Waals surface area contributed by atoms with E-state index in [9.17, 15) is 18.8 Å². The number of phenolic OH excluding ortho intramolecular Hbond substituents is 1. The van der Waals surface area contributed by atoms with Gasteiger partial charge in [0.25, 0.3) is 5.91 Å². The van der Waals surface area contributed by atoms with E-state index in [1.165, 1.54) is 11.6 Å². The molecule has 0 spiro atoms. The zero-order valence-corrected chi connectivity index (χ0v) is 32.2. The Kier molecular flexibility index (Phi) is 11.6. The molecule has 11 nitrogen and oxygen atoms in total. The van der Waals surface area contributed by atoms with Crippen LogP contribution in [0.15, 0.2) is 91.0 Å². The van der Waals surface area contributed by atoms with Gasteiger partial charge in [0, 0.05) is 63.9 Å². The van der Waals surface area contributed by atoms with Crippen LogP contribution in [0.4, 0.5) is 15.8 Å². The number of piperazine rings is 1. The molecule has 0 bridgehead atoms. The number of aromatic hydroxyl groups is 1. The first-order valence-electron chi connectivity index (χ1n) is 20.2. The summed E-state index contributed by atoms with van der Waals surface area (Å²) in [7, 11) is 0. The highest BCUT2D eigenvalue weighted by molar-refractivity contribution is 6.06. The lowest BCUT2D eigenvalue weighted by Crippen LogP contribution is -2.58. The molecule has 0 radical (unpaired) electrons. The first-order valence-corrected chi connectivity index (χ1v) is 20.2. The van der Waals surface area contributed by atoms with Gasteiger partial charge in [-0.1, -0.05) is 54.6 Å². The second-order valence-corrected chi connectivity index (χ2v) is 15.6. The summed E-state index contributed by atoms with van der Waals surface area (Å²) in [5, 5.41) is 11.5. The van der Waals surface area contributed by atoms with Crippen LogP contribution in [-0.2, 0) is 22.6 Å². The number of nitrogens with one attached hydrogen (secondary N) is 1. The second kappa shape index (κ2) is 17.3. The van der Waals surface area contributed by atoms with Gasteiger partial charge in [-0.3, -0.25) is 24.6 Å². The number of halogens is 1. The maximum atomic E-state index is 14.2. The van der Waals surface area contributed by atoms with Gasteiger partial charge >= 0.3 is 0 Å². The molecule has 3 fully saturated rings. The van der Waals surface area contributed by atoms with Gasteiger partial charge in [0.15, 0.2) is 0 Å². The van der Waals surface area contributed by atoms with Crippen LogP contribution in [0.3, 0.4) is 0 Å². The number of hydrogen-bond donors (Lipinski definition) is 2. The molecule has 12 heteroatoms. The fourth-order valence-corrected chi connectivity index (χ4v) is 8.80. The van der Waals surface area contributed by atoms with E-state index in [0.29, 0.717) is 36.7 Å². The lowest BCUT2D eigenvalue weighted by atomic mass is 9.94. The van der Waals surface area contributed by atoms with E-state index in [1.54, 1.807) is 23.1 Å². The Bertz CT molecular complexity index is 2050. The second-order valence-electron chi connectivity index (χ2n) is 15.6. The quantitative estimate of drug-likeness (QED) is 0.249. The summed E-state index contributed by atoms with van der Waals surface area (Å²) in [6, 6.07) is 27.9. The lowest BCUT2D eigenvalue weighted by molar-refractivity contribution is -0.136. The summed E-state index contributed by atoms with van der Waals surface area (Å²) in [6.45, 7) is 7.28. The van der Waals surface area contributed by atoms with Crippen LogP contribution in [0.1, 0.15) is 53.6 Å². The molecule has 6 heterocycles. The normalized spacial score (nSPS) is 21.6. The molecule has 2 atom stereocenters. The van der Waals surface area contributed by atoms with Crippen LogP contribution in [0.2, 0.25) is 0 Å². The molecule has 2 unspecified atom stereocenters. The number of anilines is 2. The monoisotopic (exact) mass is 775 g/mol. The lowest BCUT2D eigenvalue weighted by Gasteiger charge is -2.47. The van der Waals surface area contributed by atoms with Gasteiger partial charge < -0.3 is 29.3 Å². The number of fused-ring (bicyclic) bond motifs is 5. The number of rotatable bonds is 4. The van der Waals surface area contributed by atoms with Crippen molar-refractivity contribution >= 4 is 29.1 Å². The summed E-state index contributed by atoms with van der Waals surface area (Å²) >= 11 is 0. The molecule has 0 aromatic heterocycles. The van der Waals surface area contributed by atoms with Crippen molar-refractivity contribution in [2.75, 3.05) is 62.3 Å². The maximum Gasteiger partial charge on any atom is 0.255 e. The van der Waals surface area contributed by atoms with Crippen molar-refractivity contribution in [3.05, 3.63) is 114 Å². The van der Waals surface area contributed by atoms with Gasteiger partial charge in [-0.15, -0.1) is 0 Å². The number of carbonyl (C=O) groups excluding carboxylic acids is 3. The van der Waals surface area contributed by atoms with E-state index in [0.717, 1.165) is 94.3 Å². The van der Waals surface area contributed by atoms with Gasteiger partial charge in [-0.25, -0.2) is 4.39 Å². The highest BCUT2D eigenvalue weighted by Crippen LogP contribution is 2.41. The number of para-hydroxylation sites is 1. The number of amides is 3. The van der Waals surface area contributed by atoms with Crippen LogP contribution in [0.25, 0.3) is 0 Å². The third kappa shape index (κ3) is 8.71. The van der Waals surface area contributed by atoms with E-state index >= 15 is 0 Å². The van der Waals surface area contributed by atoms with E-state index in [1.807, 2.05) is 60.7 Å². The van der Waals surface area contributed by atoms with E-state index in [2.05, 4.69) is 26.1 Å². The molecule has 3 saturated heterocycles. The van der Waals surface area contributed by atoms with Crippen molar-refractivity contribution in [1.29, 1.82) is 0 Å². The average Bonchev–Trinajstić information content (AvgIpc) is 3.55. The molecule has 0 aliphatic carbocycles. The smallest absolute Gasteiger partial charge is 0.255 e. The first kappa shape index (κ1) is 38.3.